The molecule has 0 aromatic heterocycles. The van der Waals surface area contributed by atoms with Crippen LogP contribution in [0.3, 0.4) is 0 Å². The maximum Gasteiger partial charge on any atom is 0.255 e. The Bertz CT molecular complexity index is 758. The van der Waals surface area contributed by atoms with Crippen molar-refractivity contribution >= 4 is 29.3 Å². The van der Waals surface area contributed by atoms with E-state index in [2.05, 4.69) is 0 Å². The molecule has 1 aliphatic heterocycles. The summed E-state index contributed by atoms with van der Waals surface area (Å²) in [5.74, 6) is -0.114. The number of rotatable bonds is 3. The monoisotopic (exact) mass is 340 g/mol. The zero-order valence-electron chi connectivity index (χ0n) is 13.9. The standard InChI is InChI=1S/C19H20N2O2S/c1-14-7-9-15(10-8-14)21-12-11-20(13-18(21)22)19(23)16-5-3-4-6-17(16)24-2/h3-10H,11-13H2,1-2H3. The SMILES string of the molecule is CSc1ccccc1C(=O)N1CCN(c2ccc(C)cc2)C(=O)C1. The highest BCUT2D eigenvalue weighted by Crippen LogP contribution is 2.23. The molecule has 5 heteroatoms. The predicted octanol–water partition coefficient (Wildman–Crippen LogP) is 3.21. The fourth-order valence-electron chi connectivity index (χ4n) is 2.84. The molecular formula is C19H20N2O2S. The van der Waals surface area contributed by atoms with Gasteiger partial charge in [-0.3, -0.25) is 9.59 Å². The van der Waals surface area contributed by atoms with Crippen molar-refractivity contribution in [2.75, 3.05) is 30.8 Å². The van der Waals surface area contributed by atoms with E-state index in [9.17, 15) is 9.59 Å². The Balaban J connectivity index is 1.74. The number of piperazine rings is 1. The minimum absolute atomic E-state index is 0.0416. The van der Waals surface area contributed by atoms with E-state index in [-0.39, 0.29) is 18.4 Å². The molecule has 1 heterocycles. The van der Waals surface area contributed by atoms with Crippen molar-refractivity contribution in [3.8, 4) is 0 Å². The van der Waals surface area contributed by atoms with Crippen LogP contribution in [0.15, 0.2) is 53.4 Å². The summed E-state index contributed by atoms with van der Waals surface area (Å²) in [5.41, 5.74) is 2.72. The second-order valence-corrected chi connectivity index (χ2v) is 6.66. The average Bonchev–Trinajstić information content (AvgIpc) is 2.62. The number of hydrogen-bond acceptors (Lipinski definition) is 3. The van der Waals surface area contributed by atoms with Gasteiger partial charge in [-0.15, -0.1) is 11.8 Å². The summed E-state index contributed by atoms with van der Waals surface area (Å²) in [7, 11) is 0. The minimum Gasteiger partial charge on any atom is -0.327 e. The zero-order chi connectivity index (χ0) is 17.1. The second kappa shape index (κ2) is 7.09. The number of amides is 2. The van der Waals surface area contributed by atoms with Crippen molar-refractivity contribution in [2.24, 2.45) is 0 Å². The number of hydrogen-bond donors (Lipinski definition) is 0. The first-order valence-electron chi connectivity index (χ1n) is 7.89. The summed E-state index contributed by atoms with van der Waals surface area (Å²) >= 11 is 1.54. The van der Waals surface area contributed by atoms with Crippen LogP contribution in [0, 0.1) is 6.92 Å². The van der Waals surface area contributed by atoms with E-state index in [1.807, 2.05) is 61.7 Å². The van der Waals surface area contributed by atoms with Gasteiger partial charge in [0.05, 0.1) is 5.56 Å². The van der Waals surface area contributed by atoms with Crippen LogP contribution in [0.4, 0.5) is 5.69 Å². The van der Waals surface area contributed by atoms with Gasteiger partial charge in [-0.1, -0.05) is 29.8 Å². The molecule has 0 unspecified atom stereocenters. The van der Waals surface area contributed by atoms with E-state index in [1.54, 1.807) is 21.6 Å². The van der Waals surface area contributed by atoms with Crippen LogP contribution in [0.25, 0.3) is 0 Å². The molecule has 1 fully saturated rings. The van der Waals surface area contributed by atoms with E-state index in [0.29, 0.717) is 18.7 Å². The summed E-state index contributed by atoms with van der Waals surface area (Å²) in [6.45, 7) is 3.21. The molecule has 3 rings (SSSR count). The average molecular weight is 340 g/mol. The van der Waals surface area contributed by atoms with Crippen molar-refractivity contribution in [1.82, 2.24) is 4.90 Å². The maximum atomic E-state index is 12.8. The number of anilines is 1. The number of carbonyl (C=O) groups excluding carboxylic acids is 2. The molecule has 0 N–H and O–H groups in total. The molecule has 0 spiro atoms. The maximum absolute atomic E-state index is 12.8. The molecule has 1 aliphatic rings. The molecule has 24 heavy (non-hydrogen) atoms. The first kappa shape index (κ1) is 16.6. The summed E-state index contributed by atoms with van der Waals surface area (Å²) in [6.07, 6.45) is 1.95. The molecule has 2 aromatic carbocycles. The van der Waals surface area contributed by atoms with Crippen LogP contribution < -0.4 is 4.90 Å². The van der Waals surface area contributed by atoms with Crippen LogP contribution in [-0.4, -0.2) is 42.6 Å². The molecule has 0 saturated carbocycles. The van der Waals surface area contributed by atoms with Crippen molar-refractivity contribution in [3.63, 3.8) is 0 Å². The van der Waals surface area contributed by atoms with Gasteiger partial charge in [-0.2, -0.15) is 0 Å². The van der Waals surface area contributed by atoms with Gasteiger partial charge in [0.15, 0.2) is 0 Å². The minimum atomic E-state index is -0.0724. The lowest BCUT2D eigenvalue weighted by Gasteiger charge is -2.34. The van der Waals surface area contributed by atoms with Gasteiger partial charge >= 0.3 is 0 Å². The third-order valence-electron chi connectivity index (χ3n) is 4.19. The zero-order valence-corrected chi connectivity index (χ0v) is 14.7. The van der Waals surface area contributed by atoms with Crippen LogP contribution in [-0.2, 0) is 4.79 Å². The van der Waals surface area contributed by atoms with E-state index in [4.69, 9.17) is 0 Å². The molecule has 124 valence electrons. The topological polar surface area (TPSA) is 40.6 Å². The van der Waals surface area contributed by atoms with E-state index >= 15 is 0 Å². The van der Waals surface area contributed by atoms with Crippen LogP contribution in [0.5, 0.6) is 0 Å². The van der Waals surface area contributed by atoms with Crippen LogP contribution in [0.2, 0.25) is 0 Å². The molecule has 0 radical (unpaired) electrons. The van der Waals surface area contributed by atoms with Crippen molar-refractivity contribution in [3.05, 3.63) is 59.7 Å². The van der Waals surface area contributed by atoms with Gasteiger partial charge in [-0.05, 0) is 37.4 Å². The largest absolute Gasteiger partial charge is 0.327 e. The van der Waals surface area contributed by atoms with Gasteiger partial charge in [0, 0.05) is 23.7 Å². The summed E-state index contributed by atoms with van der Waals surface area (Å²) in [6, 6.07) is 15.4. The highest BCUT2D eigenvalue weighted by Gasteiger charge is 2.29. The predicted molar refractivity (Wildman–Crippen MR) is 97.7 cm³/mol. The molecule has 0 atom stereocenters. The normalized spacial score (nSPS) is 14.8. The molecule has 1 saturated heterocycles. The van der Waals surface area contributed by atoms with Gasteiger partial charge in [0.2, 0.25) is 5.91 Å². The van der Waals surface area contributed by atoms with Crippen LogP contribution in [0.1, 0.15) is 15.9 Å². The van der Waals surface area contributed by atoms with Gasteiger partial charge < -0.3 is 9.80 Å². The summed E-state index contributed by atoms with van der Waals surface area (Å²) in [4.78, 5) is 29.6. The highest BCUT2D eigenvalue weighted by molar-refractivity contribution is 7.98. The first-order valence-corrected chi connectivity index (χ1v) is 9.12. The lowest BCUT2D eigenvalue weighted by atomic mass is 10.1. The Hall–Kier alpha value is -2.27. The molecule has 0 bridgehead atoms. The van der Waals surface area contributed by atoms with Crippen molar-refractivity contribution in [2.45, 2.75) is 11.8 Å². The highest BCUT2D eigenvalue weighted by atomic mass is 32.2. The Kier molecular flexibility index (Phi) is 4.90. The quantitative estimate of drug-likeness (QED) is 0.806. The third-order valence-corrected chi connectivity index (χ3v) is 4.99. The summed E-state index contributed by atoms with van der Waals surface area (Å²) in [5, 5.41) is 0. The first-order chi connectivity index (χ1) is 11.6. The lowest BCUT2D eigenvalue weighted by Crippen LogP contribution is -2.52. The molecular weight excluding hydrogens is 320 g/mol. The number of carbonyl (C=O) groups is 2. The molecule has 0 aliphatic carbocycles. The van der Waals surface area contributed by atoms with E-state index in [0.717, 1.165) is 16.1 Å². The Morgan fingerprint density at radius 1 is 1.04 bits per heavy atom. The number of aryl methyl sites for hydroxylation is 1. The van der Waals surface area contributed by atoms with E-state index < -0.39 is 0 Å². The number of nitrogens with zero attached hydrogens (tertiary/aromatic N) is 2. The second-order valence-electron chi connectivity index (χ2n) is 5.81. The number of benzene rings is 2. The molecule has 2 aromatic rings. The molecule has 4 nitrogen and oxygen atoms in total. The Morgan fingerprint density at radius 3 is 2.42 bits per heavy atom. The van der Waals surface area contributed by atoms with Gasteiger partial charge in [0.1, 0.15) is 6.54 Å². The fraction of sp³-hybridized carbons (Fsp3) is 0.263. The van der Waals surface area contributed by atoms with E-state index in [1.165, 1.54) is 0 Å². The lowest BCUT2D eigenvalue weighted by molar-refractivity contribution is -0.120. The fourth-order valence-corrected chi connectivity index (χ4v) is 3.43. The Labute approximate surface area is 146 Å². The summed E-state index contributed by atoms with van der Waals surface area (Å²) < 4.78 is 0. The smallest absolute Gasteiger partial charge is 0.255 e. The van der Waals surface area contributed by atoms with Crippen LogP contribution >= 0.6 is 11.8 Å². The number of thioether (sulfide) groups is 1. The molecule has 2 amide bonds. The van der Waals surface area contributed by atoms with Crippen molar-refractivity contribution in [1.29, 1.82) is 0 Å². The third kappa shape index (κ3) is 3.31. The van der Waals surface area contributed by atoms with Gasteiger partial charge in [0.25, 0.3) is 5.91 Å². The van der Waals surface area contributed by atoms with Gasteiger partial charge in [-0.25, -0.2) is 0 Å². The Morgan fingerprint density at radius 2 is 1.75 bits per heavy atom. The van der Waals surface area contributed by atoms with Crippen molar-refractivity contribution < 1.29 is 9.59 Å².